The molecular weight excluding hydrogens is 380 g/mol. The van der Waals surface area contributed by atoms with Crippen molar-refractivity contribution in [2.45, 2.75) is 84.3 Å². The van der Waals surface area contributed by atoms with Gasteiger partial charge in [-0.25, -0.2) is 9.97 Å². The zero-order valence-electron chi connectivity index (χ0n) is 19.1. The number of nitrogens with one attached hydrogen (secondary N) is 1. The predicted molar refractivity (Wildman–Crippen MR) is 117 cm³/mol. The Bertz CT molecular complexity index is 698. The van der Waals surface area contributed by atoms with Crippen LogP contribution >= 0.6 is 0 Å². The van der Waals surface area contributed by atoms with Gasteiger partial charge in [0.05, 0.1) is 17.8 Å². The summed E-state index contributed by atoms with van der Waals surface area (Å²) < 4.78 is 10.6. The smallest absolute Gasteiger partial charge is 0.223 e. The minimum atomic E-state index is -0.334. The zero-order valence-corrected chi connectivity index (χ0v) is 19.1. The van der Waals surface area contributed by atoms with Crippen LogP contribution in [0.3, 0.4) is 0 Å². The van der Waals surface area contributed by atoms with Crippen molar-refractivity contribution in [2.24, 2.45) is 5.92 Å². The molecule has 2 fully saturated rings. The van der Waals surface area contributed by atoms with Crippen molar-refractivity contribution in [2.75, 3.05) is 31.7 Å². The van der Waals surface area contributed by atoms with Crippen LogP contribution in [0.25, 0.3) is 0 Å². The standard InChI is InChI=1S/C16H24N4O2.C7H14O/c1-4-14(21)20-10-13-12(16(20,2)3)9-17-15(19-13)18-11-5-7-22-8-6-11;1-2-7-4-3-5-8-6-7/h9,11H,4-8,10H2,1-3H3,(H,17,18,19);7H,2-6H2,1H3. The summed E-state index contributed by atoms with van der Waals surface area (Å²) in [5, 5.41) is 3.39. The summed E-state index contributed by atoms with van der Waals surface area (Å²) in [7, 11) is 0. The van der Waals surface area contributed by atoms with Crippen molar-refractivity contribution >= 4 is 11.9 Å². The summed E-state index contributed by atoms with van der Waals surface area (Å²) in [5.74, 6) is 1.68. The van der Waals surface area contributed by atoms with E-state index < -0.39 is 0 Å². The fraction of sp³-hybridized carbons (Fsp3) is 0.783. The molecule has 0 spiro atoms. The highest BCUT2D eigenvalue weighted by Crippen LogP contribution is 2.38. The maximum absolute atomic E-state index is 12.1. The SMILES string of the molecule is CCC(=O)N1Cc2nc(NC3CCOCC3)ncc2C1(C)C.CCC1CCCOC1. The first kappa shape index (κ1) is 22.9. The normalized spacial score (nSPS) is 23.3. The molecule has 0 aliphatic carbocycles. The van der Waals surface area contributed by atoms with E-state index in [1.807, 2.05) is 18.0 Å². The molecule has 4 heterocycles. The van der Waals surface area contributed by atoms with E-state index in [9.17, 15) is 4.79 Å². The molecule has 3 aliphatic heterocycles. The first-order valence-corrected chi connectivity index (χ1v) is 11.5. The Labute approximate surface area is 180 Å². The van der Waals surface area contributed by atoms with Crippen LogP contribution in [0.15, 0.2) is 6.20 Å². The third kappa shape index (κ3) is 5.49. The third-order valence-electron chi connectivity index (χ3n) is 6.50. The van der Waals surface area contributed by atoms with Crippen molar-refractivity contribution < 1.29 is 14.3 Å². The molecule has 7 heteroatoms. The molecule has 1 unspecified atom stereocenters. The summed E-state index contributed by atoms with van der Waals surface area (Å²) in [6.45, 7) is 12.4. The second kappa shape index (κ2) is 10.5. The largest absolute Gasteiger partial charge is 0.381 e. The van der Waals surface area contributed by atoms with Crippen LogP contribution in [0.1, 0.15) is 77.5 Å². The average molecular weight is 419 g/mol. The molecule has 30 heavy (non-hydrogen) atoms. The Kier molecular flexibility index (Phi) is 8.06. The lowest BCUT2D eigenvalue weighted by Crippen LogP contribution is -2.39. The molecule has 0 saturated carbocycles. The lowest BCUT2D eigenvalue weighted by atomic mass is 9.97. The van der Waals surface area contributed by atoms with Gasteiger partial charge in [0.2, 0.25) is 11.9 Å². The molecular formula is C23H38N4O3. The van der Waals surface area contributed by atoms with Gasteiger partial charge in [-0.15, -0.1) is 0 Å². The van der Waals surface area contributed by atoms with E-state index in [1.54, 1.807) is 0 Å². The topological polar surface area (TPSA) is 76.6 Å². The highest BCUT2D eigenvalue weighted by Gasteiger charge is 2.41. The van der Waals surface area contributed by atoms with Crippen LogP contribution in [0, 0.1) is 5.92 Å². The van der Waals surface area contributed by atoms with Gasteiger partial charge in [0.1, 0.15) is 0 Å². The van der Waals surface area contributed by atoms with Crippen molar-refractivity contribution in [1.29, 1.82) is 0 Å². The molecule has 7 nitrogen and oxygen atoms in total. The Hall–Kier alpha value is -1.73. The Morgan fingerprint density at radius 3 is 2.57 bits per heavy atom. The van der Waals surface area contributed by atoms with Gasteiger partial charge in [-0.3, -0.25) is 4.79 Å². The van der Waals surface area contributed by atoms with Gasteiger partial charge in [0.15, 0.2) is 0 Å². The molecule has 4 rings (SSSR count). The molecule has 0 aromatic carbocycles. The van der Waals surface area contributed by atoms with Gasteiger partial charge in [-0.1, -0.05) is 20.3 Å². The Morgan fingerprint density at radius 1 is 1.20 bits per heavy atom. The lowest BCUT2D eigenvalue weighted by molar-refractivity contribution is -0.136. The number of aromatic nitrogens is 2. The second-order valence-corrected chi connectivity index (χ2v) is 8.97. The molecule has 0 radical (unpaired) electrons. The molecule has 2 saturated heterocycles. The van der Waals surface area contributed by atoms with Gasteiger partial charge in [0, 0.05) is 50.7 Å². The van der Waals surface area contributed by atoms with E-state index in [1.165, 1.54) is 19.3 Å². The van der Waals surface area contributed by atoms with Gasteiger partial charge < -0.3 is 19.7 Å². The van der Waals surface area contributed by atoms with Crippen LogP contribution in [0.2, 0.25) is 0 Å². The van der Waals surface area contributed by atoms with Crippen LogP contribution in [-0.4, -0.2) is 53.2 Å². The van der Waals surface area contributed by atoms with Crippen molar-refractivity contribution in [1.82, 2.24) is 14.9 Å². The highest BCUT2D eigenvalue weighted by molar-refractivity contribution is 5.77. The van der Waals surface area contributed by atoms with Crippen molar-refractivity contribution in [3.05, 3.63) is 17.5 Å². The molecule has 1 aromatic heterocycles. The van der Waals surface area contributed by atoms with Crippen LogP contribution in [0.4, 0.5) is 5.95 Å². The lowest BCUT2D eigenvalue weighted by Gasteiger charge is -2.31. The van der Waals surface area contributed by atoms with Gasteiger partial charge in [-0.2, -0.15) is 0 Å². The molecule has 1 N–H and O–H groups in total. The summed E-state index contributed by atoms with van der Waals surface area (Å²) in [6, 6.07) is 0.370. The number of rotatable bonds is 4. The fourth-order valence-electron chi connectivity index (χ4n) is 4.36. The number of nitrogens with zero attached hydrogens (tertiary/aromatic N) is 3. The number of hydrogen-bond donors (Lipinski definition) is 1. The van der Waals surface area contributed by atoms with Gasteiger partial charge in [0.25, 0.3) is 0 Å². The number of carbonyl (C=O) groups is 1. The third-order valence-corrected chi connectivity index (χ3v) is 6.50. The summed E-state index contributed by atoms with van der Waals surface area (Å²) >= 11 is 0. The molecule has 1 amide bonds. The number of amides is 1. The summed E-state index contributed by atoms with van der Waals surface area (Å²) in [6.07, 6.45) is 8.29. The van der Waals surface area contributed by atoms with E-state index >= 15 is 0 Å². The summed E-state index contributed by atoms with van der Waals surface area (Å²) in [5.41, 5.74) is 1.67. The van der Waals surface area contributed by atoms with E-state index in [2.05, 4.69) is 36.1 Å². The molecule has 0 bridgehead atoms. The van der Waals surface area contributed by atoms with Crippen LogP contribution in [0.5, 0.6) is 0 Å². The predicted octanol–water partition coefficient (Wildman–Crippen LogP) is 3.88. The monoisotopic (exact) mass is 418 g/mol. The first-order chi connectivity index (χ1) is 14.5. The van der Waals surface area contributed by atoms with E-state index in [-0.39, 0.29) is 11.4 Å². The number of carbonyl (C=O) groups excluding carboxylic acids is 1. The quantitative estimate of drug-likeness (QED) is 0.800. The first-order valence-electron chi connectivity index (χ1n) is 11.5. The fourth-order valence-corrected chi connectivity index (χ4v) is 4.36. The maximum Gasteiger partial charge on any atom is 0.223 e. The molecule has 168 valence electrons. The Balaban J connectivity index is 0.000000269. The highest BCUT2D eigenvalue weighted by atomic mass is 16.5. The number of anilines is 1. The van der Waals surface area contributed by atoms with Gasteiger partial charge in [-0.05, 0) is 45.4 Å². The minimum Gasteiger partial charge on any atom is -0.381 e. The average Bonchev–Trinajstić information content (AvgIpc) is 3.05. The zero-order chi connectivity index (χ0) is 21.6. The van der Waals surface area contributed by atoms with Crippen molar-refractivity contribution in [3.63, 3.8) is 0 Å². The van der Waals surface area contributed by atoms with Crippen molar-refractivity contribution in [3.8, 4) is 0 Å². The number of ether oxygens (including phenoxy) is 2. The van der Waals surface area contributed by atoms with Crippen LogP contribution < -0.4 is 5.32 Å². The molecule has 3 aliphatic rings. The minimum absolute atomic E-state index is 0.155. The summed E-state index contributed by atoms with van der Waals surface area (Å²) in [4.78, 5) is 23.2. The van der Waals surface area contributed by atoms with E-state index in [0.717, 1.165) is 56.4 Å². The number of hydrogen-bond acceptors (Lipinski definition) is 6. The van der Waals surface area contributed by atoms with Crippen LogP contribution in [-0.2, 0) is 26.4 Å². The number of fused-ring (bicyclic) bond motifs is 1. The van der Waals surface area contributed by atoms with E-state index in [0.29, 0.717) is 25.0 Å². The van der Waals surface area contributed by atoms with E-state index in [4.69, 9.17) is 9.47 Å². The maximum atomic E-state index is 12.1. The molecule has 1 aromatic rings. The second-order valence-electron chi connectivity index (χ2n) is 8.97. The van der Waals surface area contributed by atoms with Gasteiger partial charge >= 0.3 is 0 Å². The Morgan fingerprint density at radius 2 is 1.97 bits per heavy atom. The molecule has 1 atom stereocenters.